The van der Waals surface area contributed by atoms with Gasteiger partial charge in [-0.2, -0.15) is 16.8 Å². The van der Waals surface area contributed by atoms with Crippen molar-refractivity contribution in [3.8, 4) is 17.2 Å². The largest absolute Gasteiger partial charge is 0.508 e. The van der Waals surface area contributed by atoms with E-state index in [2.05, 4.69) is 10.9 Å². The number of anilines is 2. The molecule has 0 fully saturated rings. The Balaban J connectivity index is 2.18. The summed E-state index contributed by atoms with van der Waals surface area (Å²) < 4.78 is 64.4. The smallest absolute Gasteiger partial charge is 0.294 e. The van der Waals surface area contributed by atoms with Crippen molar-refractivity contribution in [3.05, 3.63) is 42.5 Å². The van der Waals surface area contributed by atoms with Crippen LogP contribution in [0, 0.1) is 0 Å². The highest BCUT2D eigenvalue weighted by Gasteiger charge is 2.19. The molecule has 29 heavy (non-hydrogen) atoms. The first-order valence-corrected chi connectivity index (χ1v) is 10.5. The van der Waals surface area contributed by atoms with Gasteiger partial charge in [0, 0.05) is 17.5 Å². The van der Waals surface area contributed by atoms with Crippen LogP contribution in [0.15, 0.2) is 52.3 Å². The number of aromatic hydroxyl groups is 3. The third-order valence-electron chi connectivity index (χ3n) is 3.88. The SMILES string of the molecule is O=S(=O)(O)c1cc(O)c2c(NNc3ccc(O)cc3O)cc(S(=O)(=O)O)cc2c1. The summed E-state index contributed by atoms with van der Waals surface area (Å²) in [4.78, 5) is -1.32. The van der Waals surface area contributed by atoms with Crippen LogP contribution < -0.4 is 10.9 Å². The maximum absolute atomic E-state index is 11.6. The molecule has 3 rings (SSSR count). The Morgan fingerprint density at radius 2 is 1.21 bits per heavy atom. The summed E-state index contributed by atoms with van der Waals surface area (Å²) in [5.41, 5.74) is 5.03. The molecule has 3 aromatic rings. The maximum Gasteiger partial charge on any atom is 0.294 e. The summed E-state index contributed by atoms with van der Waals surface area (Å²) in [6.45, 7) is 0. The second kappa shape index (κ2) is 6.97. The molecular formula is C16H14N2O9S2. The van der Waals surface area contributed by atoms with Gasteiger partial charge in [0.1, 0.15) is 17.2 Å². The average molecular weight is 442 g/mol. The van der Waals surface area contributed by atoms with E-state index in [-0.39, 0.29) is 33.6 Å². The molecule has 0 aliphatic rings. The molecule has 11 nitrogen and oxygen atoms in total. The van der Waals surface area contributed by atoms with Crippen molar-refractivity contribution in [2.24, 2.45) is 0 Å². The van der Waals surface area contributed by atoms with Gasteiger partial charge in [0.25, 0.3) is 20.2 Å². The first-order chi connectivity index (χ1) is 13.4. The van der Waals surface area contributed by atoms with Crippen molar-refractivity contribution < 1.29 is 41.3 Å². The van der Waals surface area contributed by atoms with Crippen molar-refractivity contribution in [2.45, 2.75) is 9.79 Å². The average Bonchev–Trinajstić information content (AvgIpc) is 2.58. The number of hydrogen-bond donors (Lipinski definition) is 7. The van der Waals surface area contributed by atoms with E-state index in [0.29, 0.717) is 0 Å². The van der Waals surface area contributed by atoms with Gasteiger partial charge in [-0.05, 0) is 35.7 Å². The summed E-state index contributed by atoms with van der Waals surface area (Å²) in [7, 11) is -9.43. The molecule has 0 saturated heterocycles. The summed E-state index contributed by atoms with van der Waals surface area (Å²) in [5.74, 6) is -1.18. The molecule has 0 aromatic heterocycles. The lowest BCUT2D eigenvalue weighted by Crippen LogP contribution is -2.10. The fourth-order valence-electron chi connectivity index (χ4n) is 2.60. The molecule has 0 bridgehead atoms. The van der Waals surface area contributed by atoms with E-state index >= 15 is 0 Å². The van der Waals surface area contributed by atoms with Gasteiger partial charge in [0.15, 0.2) is 0 Å². The van der Waals surface area contributed by atoms with E-state index in [1.54, 1.807) is 0 Å². The van der Waals surface area contributed by atoms with E-state index in [0.717, 1.165) is 30.3 Å². The summed E-state index contributed by atoms with van der Waals surface area (Å²) in [5, 5.41) is 29.2. The van der Waals surface area contributed by atoms with Gasteiger partial charge < -0.3 is 15.3 Å². The zero-order chi connectivity index (χ0) is 21.6. The van der Waals surface area contributed by atoms with Crippen LogP contribution in [-0.2, 0) is 20.2 Å². The van der Waals surface area contributed by atoms with Gasteiger partial charge in [0.05, 0.1) is 21.2 Å². The molecule has 0 aliphatic carbocycles. The summed E-state index contributed by atoms with van der Waals surface area (Å²) >= 11 is 0. The van der Waals surface area contributed by atoms with Crippen LogP contribution in [0.5, 0.6) is 17.2 Å². The topological polar surface area (TPSA) is 193 Å². The molecule has 0 heterocycles. The zero-order valence-electron chi connectivity index (χ0n) is 14.2. The fraction of sp³-hybridized carbons (Fsp3) is 0. The van der Waals surface area contributed by atoms with E-state index in [1.807, 2.05) is 0 Å². The summed E-state index contributed by atoms with van der Waals surface area (Å²) in [6, 6.07) is 7.11. The second-order valence-corrected chi connectivity index (χ2v) is 8.76. The van der Waals surface area contributed by atoms with E-state index in [9.17, 15) is 41.3 Å². The molecule has 3 aromatic carbocycles. The number of benzene rings is 3. The molecule has 0 unspecified atom stereocenters. The van der Waals surface area contributed by atoms with Crippen LogP contribution in [-0.4, -0.2) is 41.3 Å². The molecule has 0 amide bonds. The lowest BCUT2D eigenvalue weighted by atomic mass is 10.1. The molecule has 13 heteroatoms. The van der Waals surface area contributed by atoms with Crippen LogP contribution in [0.2, 0.25) is 0 Å². The van der Waals surface area contributed by atoms with E-state index in [4.69, 9.17) is 0 Å². The number of hydrazine groups is 1. The molecule has 0 atom stereocenters. The number of fused-ring (bicyclic) bond motifs is 1. The molecule has 0 radical (unpaired) electrons. The quantitative estimate of drug-likeness (QED) is 0.132. The molecule has 7 N–H and O–H groups in total. The zero-order valence-corrected chi connectivity index (χ0v) is 15.9. The predicted molar refractivity (Wildman–Crippen MR) is 102 cm³/mol. The molecule has 0 spiro atoms. The first kappa shape index (κ1) is 20.5. The first-order valence-electron chi connectivity index (χ1n) is 7.66. The maximum atomic E-state index is 11.6. The monoisotopic (exact) mass is 442 g/mol. The normalized spacial score (nSPS) is 12.1. The van der Waals surface area contributed by atoms with Crippen molar-refractivity contribution in [1.82, 2.24) is 0 Å². The Morgan fingerprint density at radius 3 is 1.76 bits per heavy atom. The Bertz CT molecular complexity index is 1330. The van der Waals surface area contributed by atoms with Gasteiger partial charge in [-0.15, -0.1) is 0 Å². The van der Waals surface area contributed by atoms with Gasteiger partial charge in [-0.1, -0.05) is 0 Å². The van der Waals surface area contributed by atoms with Crippen LogP contribution in [0.25, 0.3) is 10.8 Å². The standard InChI is InChI=1S/C16H14N2O9S2/c19-9-1-2-12(14(20)5-9)17-18-13-6-10(28(22,23)24)3-8-4-11(29(25,26)27)7-15(21)16(8)13/h1-7,17-21H,(H,22,23,24)(H,25,26,27). The number of nitrogens with one attached hydrogen (secondary N) is 2. The summed E-state index contributed by atoms with van der Waals surface area (Å²) in [6.07, 6.45) is 0. The van der Waals surface area contributed by atoms with Gasteiger partial charge in [-0.25, -0.2) is 0 Å². The number of hydrogen-bond acceptors (Lipinski definition) is 9. The minimum atomic E-state index is -4.72. The fourth-order valence-corrected chi connectivity index (χ4v) is 3.67. The highest BCUT2D eigenvalue weighted by Crippen LogP contribution is 2.37. The minimum Gasteiger partial charge on any atom is -0.508 e. The third kappa shape index (κ3) is 4.27. The predicted octanol–water partition coefficient (Wildman–Crippen LogP) is 1.89. The Labute approximate surface area is 164 Å². The highest BCUT2D eigenvalue weighted by atomic mass is 32.2. The van der Waals surface area contributed by atoms with Gasteiger partial charge in [0.2, 0.25) is 0 Å². The van der Waals surface area contributed by atoms with Crippen molar-refractivity contribution >= 4 is 42.4 Å². The highest BCUT2D eigenvalue weighted by molar-refractivity contribution is 7.86. The Hall–Kier alpha value is -3.26. The van der Waals surface area contributed by atoms with Crippen LogP contribution in [0.4, 0.5) is 11.4 Å². The van der Waals surface area contributed by atoms with Crippen LogP contribution in [0.3, 0.4) is 0 Å². The van der Waals surface area contributed by atoms with Crippen molar-refractivity contribution in [3.63, 3.8) is 0 Å². The van der Waals surface area contributed by atoms with E-state index in [1.165, 1.54) is 12.1 Å². The Morgan fingerprint density at radius 1 is 0.655 bits per heavy atom. The van der Waals surface area contributed by atoms with Crippen LogP contribution in [0.1, 0.15) is 0 Å². The number of phenolic OH excluding ortho intramolecular Hbond substituents is 3. The third-order valence-corrected chi connectivity index (χ3v) is 5.55. The number of phenols is 3. The number of rotatable bonds is 5. The molecular weight excluding hydrogens is 428 g/mol. The lowest BCUT2D eigenvalue weighted by molar-refractivity contribution is 0.452. The molecule has 154 valence electrons. The van der Waals surface area contributed by atoms with Crippen molar-refractivity contribution in [1.29, 1.82) is 0 Å². The molecule has 0 aliphatic heterocycles. The van der Waals surface area contributed by atoms with Gasteiger partial charge >= 0.3 is 0 Å². The minimum absolute atomic E-state index is 0.0458. The van der Waals surface area contributed by atoms with Gasteiger partial charge in [-0.3, -0.25) is 20.0 Å². The van der Waals surface area contributed by atoms with Crippen molar-refractivity contribution in [2.75, 3.05) is 10.9 Å². The lowest BCUT2D eigenvalue weighted by Gasteiger charge is -2.16. The second-order valence-electron chi connectivity index (χ2n) is 5.91. The van der Waals surface area contributed by atoms with Crippen LogP contribution >= 0.6 is 0 Å². The van der Waals surface area contributed by atoms with E-state index < -0.39 is 35.8 Å². The molecule has 0 saturated carbocycles. The Kier molecular flexibility index (Phi) is 4.92.